The molecule has 2 aliphatic rings. The van der Waals surface area contributed by atoms with Gasteiger partial charge in [-0.25, -0.2) is 13.2 Å². The molecule has 1 aromatic rings. The lowest BCUT2D eigenvalue weighted by molar-refractivity contribution is 0.104. The highest BCUT2D eigenvalue weighted by atomic mass is 32.2. The summed E-state index contributed by atoms with van der Waals surface area (Å²) in [7, 11) is -3.53. The SMILES string of the molecule is CC1Cn2ncc(S(=O)(=O)C3CCOC3)c2CN1C(=O)O. The average Bonchev–Trinajstić information content (AvgIpc) is 3.06. The second-order valence-corrected chi connectivity index (χ2v) is 7.62. The third-order valence-corrected chi connectivity index (χ3v) is 6.28. The topological polar surface area (TPSA) is 102 Å². The summed E-state index contributed by atoms with van der Waals surface area (Å²) in [5, 5.41) is 12.8. The number of nitrogens with zero attached hydrogens (tertiary/aromatic N) is 3. The van der Waals surface area contributed by atoms with Gasteiger partial charge in [0.05, 0.1) is 42.9 Å². The summed E-state index contributed by atoms with van der Waals surface area (Å²) < 4.78 is 32.0. The molecular weight excluding hydrogens is 298 g/mol. The largest absolute Gasteiger partial charge is 0.465 e. The van der Waals surface area contributed by atoms with Crippen LogP contribution in [0.5, 0.6) is 0 Å². The molecule has 0 aromatic carbocycles. The third kappa shape index (κ3) is 2.30. The zero-order valence-electron chi connectivity index (χ0n) is 11.6. The number of rotatable bonds is 2. The average molecular weight is 315 g/mol. The Balaban J connectivity index is 1.98. The Morgan fingerprint density at radius 3 is 2.90 bits per heavy atom. The summed E-state index contributed by atoms with van der Waals surface area (Å²) in [5.74, 6) is 0. The van der Waals surface area contributed by atoms with Crippen molar-refractivity contribution >= 4 is 15.9 Å². The van der Waals surface area contributed by atoms with Crippen LogP contribution in [0, 0.1) is 0 Å². The number of carbonyl (C=O) groups is 1. The summed E-state index contributed by atoms with van der Waals surface area (Å²) in [6.45, 7) is 2.80. The van der Waals surface area contributed by atoms with Crippen LogP contribution in [0.15, 0.2) is 11.1 Å². The summed E-state index contributed by atoms with van der Waals surface area (Å²) >= 11 is 0. The molecule has 0 aliphatic carbocycles. The van der Waals surface area contributed by atoms with Crippen molar-refractivity contribution in [3.63, 3.8) is 0 Å². The van der Waals surface area contributed by atoms with Crippen LogP contribution in [0.3, 0.4) is 0 Å². The molecule has 116 valence electrons. The third-order valence-electron chi connectivity index (χ3n) is 4.08. The fourth-order valence-electron chi connectivity index (χ4n) is 2.81. The molecule has 1 fully saturated rings. The molecule has 0 spiro atoms. The van der Waals surface area contributed by atoms with Gasteiger partial charge in [0.2, 0.25) is 0 Å². The molecular formula is C12H17N3O5S. The van der Waals surface area contributed by atoms with Crippen LogP contribution in [0.1, 0.15) is 19.0 Å². The summed E-state index contributed by atoms with van der Waals surface area (Å²) in [5.41, 5.74) is 0.447. The lowest BCUT2D eigenvalue weighted by atomic mass is 10.2. The van der Waals surface area contributed by atoms with Crippen LogP contribution in [0.25, 0.3) is 0 Å². The van der Waals surface area contributed by atoms with Crippen molar-refractivity contribution in [3.8, 4) is 0 Å². The van der Waals surface area contributed by atoms with Gasteiger partial charge in [0.25, 0.3) is 0 Å². The second kappa shape index (κ2) is 4.99. The number of fused-ring (bicyclic) bond motifs is 1. The monoisotopic (exact) mass is 315 g/mol. The number of carboxylic acid groups (broad SMARTS) is 1. The normalized spacial score (nSPS) is 25.9. The van der Waals surface area contributed by atoms with E-state index in [1.165, 1.54) is 11.1 Å². The molecule has 1 saturated heterocycles. The first kappa shape index (κ1) is 14.3. The molecule has 8 nitrogen and oxygen atoms in total. The van der Waals surface area contributed by atoms with E-state index in [4.69, 9.17) is 4.74 Å². The Kier molecular flexibility index (Phi) is 3.40. The maximum Gasteiger partial charge on any atom is 0.407 e. The van der Waals surface area contributed by atoms with E-state index in [1.54, 1.807) is 11.6 Å². The molecule has 2 unspecified atom stereocenters. The van der Waals surface area contributed by atoms with E-state index in [0.717, 1.165) is 0 Å². The minimum atomic E-state index is -3.53. The standard InChI is InChI=1S/C12H17N3O5S/c1-8-5-15-10(6-14(8)12(16)17)11(4-13-15)21(18,19)9-2-3-20-7-9/h4,8-9H,2-3,5-7H2,1H3,(H,16,17). The fourth-order valence-corrected chi connectivity index (χ4v) is 4.54. The van der Waals surface area contributed by atoms with E-state index < -0.39 is 21.2 Å². The Labute approximate surface area is 122 Å². The van der Waals surface area contributed by atoms with Crippen molar-refractivity contribution in [2.24, 2.45) is 0 Å². The zero-order chi connectivity index (χ0) is 15.2. The van der Waals surface area contributed by atoms with Crippen molar-refractivity contribution in [1.82, 2.24) is 14.7 Å². The van der Waals surface area contributed by atoms with Crippen LogP contribution in [-0.4, -0.2) is 58.8 Å². The molecule has 2 aliphatic heterocycles. The van der Waals surface area contributed by atoms with Gasteiger partial charge in [-0.2, -0.15) is 5.10 Å². The maximum atomic E-state index is 12.6. The first-order valence-electron chi connectivity index (χ1n) is 6.77. The van der Waals surface area contributed by atoms with Crippen LogP contribution in [0.2, 0.25) is 0 Å². The van der Waals surface area contributed by atoms with E-state index in [0.29, 0.717) is 25.3 Å². The smallest absolute Gasteiger partial charge is 0.407 e. The van der Waals surface area contributed by atoms with E-state index in [2.05, 4.69) is 5.10 Å². The highest BCUT2D eigenvalue weighted by molar-refractivity contribution is 7.92. The highest BCUT2D eigenvalue weighted by Crippen LogP contribution is 2.28. The van der Waals surface area contributed by atoms with Gasteiger partial charge in [-0.05, 0) is 13.3 Å². The van der Waals surface area contributed by atoms with Crippen molar-refractivity contribution in [3.05, 3.63) is 11.9 Å². The van der Waals surface area contributed by atoms with Crippen molar-refractivity contribution in [2.75, 3.05) is 13.2 Å². The first-order chi connectivity index (χ1) is 9.91. The number of hydrogen-bond donors (Lipinski definition) is 1. The van der Waals surface area contributed by atoms with Crippen LogP contribution in [0.4, 0.5) is 4.79 Å². The van der Waals surface area contributed by atoms with Gasteiger partial charge in [-0.1, -0.05) is 0 Å². The van der Waals surface area contributed by atoms with Gasteiger partial charge >= 0.3 is 6.09 Å². The van der Waals surface area contributed by atoms with Crippen molar-refractivity contribution in [2.45, 2.75) is 42.6 Å². The molecule has 3 heterocycles. The molecule has 2 atom stereocenters. The summed E-state index contributed by atoms with van der Waals surface area (Å²) in [6.07, 6.45) is 0.745. The number of hydrogen-bond acceptors (Lipinski definition) is 5. The molecule has 3 rings (SSSR count). The Bertz CT molecular complexity index is 662. The zero-order valence-corrected chi connectivity index (χ0v) is 12.4. The summed E-state index contributed by atoms with van der Waals surface area (Å²) in [4.78, 5) is 12.6. The molecule has 0 saturated carbocycles. The minimum absolute atomic E-state index is 0.0403. The second-order valence-electron chi connectivity index (χ2n) is 5.43. The Hall–Kier alpha value is -1.61. The molecule has 1 N–H and O–H groups in total. The fraction of sp³-hybridized carbons (Fsp3) is 0.667. The predicted molar refractivity (Wildman–Crippen MR) is 71.7 cm³/mol. The van der Waals surface area contributed by atoms with Gasteiger partial charge in [-0.3, -0.25) is 9.58 Å². The lowest BCUT2D eigenvalue weighted by Gasteiger charge is -2.32. The van der Waals surface area contributed by atoms with Crippen LogP contribution in [-0.2, 0) is 27.7 Å². The highest BCUT2D eigenvalue weighted by Gasteiger charge is 2.37. The van der Waals surface area contributed by atoms with E-state index >= 15 is 0 Å². The van der Waals surface area contributed by atoms with Gasteiger partial charge in [-0.15, -0.1) is 0 Å². The van der Waals surface area contributed by atoms with Gasteiger partial charge < -0.3 is 9.84 Å². The number of amides is 1. The molecule has 0 bridgehead atoms. The van der Waals surface area contributed by atoms with Gasteiger partial charge in [0.15, 0.2) is 9.84 Å². The molecule has 21 heavy (non-hydrogen) atoms. The predicted octanol–water partition coefficient (Wildman–Crippen LogP) is 0.328. The van der Waals surface area contributed by atoms with Crippen molar-refractivity contribution < 1.29 is 23.1 Å². The molecule has 0 radical (unpaired) electrons. The summed E-state index contributed by atoms with van der Waals surface area (Å²) in [6, 6.07) is -0.236. The lowest BCUT2D eigenvalue weighted by Crippen LogP contribution is -2.44. The molecule has 9 heteroatoms. The molecule has 1 aromatic heterocycles. The van der Waals surface area contributed by atoms with E-state index in [1.807, 2.05) is 0 Å². The number of aromatic nitrogens is 2. The quantitative estimate of drug-likeness (QED) is 0.844. The minimum Gasteiger partial charge on any atom is -0.465 e. The number of ether oxygens (including phenoxy) is 1. The Morgan fingerprint density at radius 1 is 1.52 bits per heavy atom. The Morgan fingerprint density at radius 2 is 2.29 bits per heavy atom. The van der Waals surface area contributed by atoms with E-state index in [9.17, 15) is 18.3 Å². The molecule has 1 amide bonds. The van der Waals surface area contributed by atoms with Gasteiger partial charge in [0, 0.05) is 6.61 Å². The van der Waals surface area contributed by atoms with Gasteiger partial charge in [0.1, 0.15) is 4.90 Å². The first-order valence-corrected chi connectivity index (χ1v) is 8.31. The number of sulfone groups is 1. The van der Waals surface area contributed by atoms with Crippen molar-refractivity contribution in [1.29, 1.82) is 0 Å². The van der Waals surface area contributed by atoms with Crippen LogP contribution < -0.4 is 0 Å². The maximum absolute atomic E-state index is 12.6. The van der Waals surface area contributed by atoms with Crippen LogP contribution >= 0.6 is 0 Å². The van der Waals surface area contributed by atoms with E-state index in [-0.39, 0.29) is 24.1 Å².